The quantitative estimate of drug-likeness (QED) is 0.778. The molecule has 0 radical (unpaired) electrons. The average molecular weight is 310 g/mol. The summed E-state index contributed by atoms with van der Waals surface area (Å²) in [4.78, 5) is 22.0. The van der Waals surface area contributed by atoms with Crippen molar-refractivity contribution in [1.82, 2.24) is 20.2 Å². The molecule has 8 nitrogen and oxygen atoms in total. The second-order valence-corrected chi connectivity index (χ2v) is 4.92. The normalized spacial score (nSPS) is 17.9. The summed E-state index contributed by atoms with van der Waals surface area (Å²) in [7, 11) is 3.12. The molecule has 1 aliphatic rings. The highest BCUT2D eigenvalue weighted by molar-refractivity contribution is 5.74. The van der Waals surface area contributed by atoms with Gasteiger partial charge in [0.2, 0.25) is 0 Å². The van der Waals surface area contributed by atoms with Crippen molar-refractivity contribution in [2.24, 2.45) is 0 Å². The minimum absolute atomic E-state index is 0.100. The first-order valence-corrected chi connectivity index (χ1v) is 7.28. The molecule has 122 valence electrons. The number of ether oxygens (including phenoxy) is 3. The fraction of sp³-hybridized carbons (Fsp3) is 0.643. The van der Waals surface area contributed by atoms with Gasteiger partial charge in [-0.2, -0.15) is 0 Å². The molecule has 2 heterocycles. The second kappa shape index (κ2) is 8.38. The molecule has 1 fully saturated rings. The number of hydrogen-bond donors (Lipinski definition) is 1. The first-order chi connectivity index (χ1) is 10.7. The number of rotatable bonds is 6. The van der Waals surface area contributed by atoms with Crippen LogP contribution in [0, 0.1) is 0 Å². The Morgan fingerprint density at radius 1 is 1.36 bits per heavy atom. The van der Waals surface area contributed by atoms with Gasteiger partial charge < -0.3 is 24.4 Å². The SMILES string of the molecule is COCCNC(=O)N1CCCC(Oc2nccnc2OC)C1. The van der Waals surface area contributed by atoms with Gasteiger partial charge in [-0.3, -0.25) is 0 Å². The molecule has 1 saturated heterocycles. The van der Waals surface area contributed by atoms with Gasteiger partial charge in [0.05, 0.1) is 20.3 Å². The Balaban J connectivity index is 1.89. The van der Waals surface area contributed by atoms with E-state index in [0.717, 1.165) is 19.4 Å². The van der Waals surface area contributed by atoms with Crippen molar-refractivity contribution in [3.8, 4) is 11.8 Å². The highest BCUT2D eigenvalue weighted by Crippen LogP contribution is 2.23. The minimum Gasteiger partial charge on any atom is -0.477 e. The van der Waals surface area contributed by atoms with Crippen LogP contribution in [0.25, 0.3) is 0 Å². The third-order valence-corrected chi connectivity index (χ3v) is 3.35. The summed E-state index contributed by atoms with van der Waals surface area (Å²) in [6.45, 7) is 2.22. The van der Waals surface area contributed by atoms with Gasteiger partial charge in [-0.1, -0.05) is 0 Å². The largest absolute Gasteiger partial charge is 0.477 e. The molecule has 0 aromatic carbocycles. The fourth-order valence-electron chi connectivity index (χ4n) is 2.28. The molecule has 0 saturated carbocycles. The highest BCUT2D eigenvalue weighted by Gasteiger charge is 2.26. The molecule has 2 rings (SSSR count). The van der Waals surface area contributed by atoms with Crippen molar-refractivity contribution in [3.05, 3.63) is 12.4 Å². The van der Waals surface area contributed by atoms with Crippen LogP contribution in [0.1, 0.15) is 12.8 Å². The van der Waals surface area contributed by atoms with Crippen molar-refractivity contribution in [3.63, 3.8) is 0 Å². The van der Waals surface area contributed by atoms with Crippen LogP contribution in [0.2, 0.25) is 0 Å². The Bertz CT molecular complexity index is 486. The van der Waals surface area contributed by atoms with E-state index in [9.17, 15) is 4.79 Å². The molecule has 1 aromatic heterocycles. The summed E-state index contributed by atoms with van der Waals surface area (Å²) in [5.41, 5.74) is 0. The predicted molar refractivity (Wildman–Crippen MR) is 79.1 cm³/mol. The lowest BCUT2D eigenvalue weighted by Gasteiger charge is -2.32. The highest BCUT2D eigenvalue weighted by atomic mass is 16.5. The van der Waals surface area contributed by atoms with Gasteiger partial charge in [0.15, 0.2) is 0 Å². The van der Waals surface area contributed by atoms with E-state index in [0.29, 0.717) is 31.5 Å². The van der Waals surface area contributed by atoms with E-state index >= 15 is 0 Å². The lowest BCUT2D eigenvalue weighted by molar-refractivity contribution is 0.0934. The molecule has 0 aliphatic carbocycles. The van der Waals surface area contributed by atoms with Gasteiger partial charge >= 0.3 is 6.03 Å². The molecular formula is C14H22N4O4. The third kappa shape index (κ3) is 4.45. The van der Waals surface area contributed by atoms with Crippen LogP contribution in [0.5, 0.6) is 11.8 Å². The summed E-state index contributed by atoms with van der Waals surface area (Å²) in [6, 6.07) is -0.100. The van der Waals surface area contributed by atoms with E-state index in [1.807, 2.05) is 0 Å². The second-order valence-electron chi connectivity index (χ2n) is 4.92. The standard InChI is InChI=1S/C14H22N4O4/c1-20-9-7-17-14(19)18-8-3-4-11(10-18)22-13-12(21-2)15-5-6-16-13/h5-6,11H,3-4,7-10H2,1-2H3,(H,17,19). The number of nitrogens with one attached hydrogen (secondary N) is 1. The molecule has 0 spiro atoms. The summed E-state index contributed by atoms with van der Waals surface area (Å²) in [6.07, 6.45) is 4.72. The molecule has 1 atom stereocenters. The maximum Gasteiger partial charge on any atom is 0.317 e. The molecule has 1 aliphatic heterocycles. The lowest BCUT2D eigenvalue weighted by atomic mass is 10.1. The zero-order chi connectivity index (χ0) is 15.8. The van der Waals surface area contributed by atoms with E-state index in [-0.39, 0.29) is 12.1 Å². The van der Waals surface area contributed by atoms with Crippen molar-refractivity contribution < 1.29 is 19.0 Å². The number of aromatic nitrogens is 2. The summed E-state index contributed by atoms with van der Waals surface area (Å²) < 4.78 is 15.9. The number of carbonyl (C=O) groups is 1. The fourth-order valence-corrected chi connectivity index (χ4v) is 2.28. The van der Waals surface area contributed by atoms with Crippen LogP contribution in [-0.4, -0.2) is 67.5 Å². The van der Waals surface area contributed by atoms with Gasteiger partial charge in [0.1, 0.15) is 6.10 Å². The Morgan fingerprint density at radius 3 is 2.86 bits per heavy atom. The van der Waals surface area contributed by atoms with Gasteiger partial charge in [-0.05, 0) is 12.8 Å². The Morgan fingerprint density at radius 2 is 2.14 bits per heavy atom. The Hall–Kier alpha value is -2.09. The number of likely N-dealkylation sites (tertiary alicyclic amines) is 1. The first kappa shape index (κ1) is 16.3. The van der Waals surface area contributed by atoms with Crippen LogP contribution in [0.15, 0.2) is 12.4 Å². The molecule has 8 heteroatoms. The Labute approximate surface area is 129 Å². The molecular weight excluding hydrogens is 288 g/mol. The Kier molecular flexibility index (Phi) is 6.20. The number of urea groups is 1. The monoisotopic (exact) mass is 310 g/mol. The zero-order valence-corrected chi connectivity index (χ0v) is 12.9. The maximum absolute atomic E-state index is 12.0. The van der Waals surface area contributed by atoms with Crippen LogP contribution >= 0.6 is 0 Å². The zero-order valence-electron chi connectivity index (χ0n) is 12.9. The van der Waals surface area contributed by atoms with Crippen LogP contribution in [0.4, 0.5) is 4.79 Å². The lowest BCUT2D eigenvalue weighted by Crippen LogP contribution is -2.49. The summed E-state index contributed by atoms with van der Waals surface area (Å²) in [5.74, 6) is 0.709. The summed E-state index contributed by atoms with van der Waals surface area (Å²) >= 11 is 0. The van der Waals surface area contributed by atoms with E-state index in [2.05, 4.69) is 15.3 Å². The molecule has 1 aromatic rings. The number of amides is 2. The molecule has 2 amide bonds. The van der Waals surface area contributed by atoms with E-state index < -0.39 is 0 Å². The average Bonchev–Trinajstić information content (AvgIpc) is 2.56. The smallest absolute Gasteiger partial charge is 0.317 e. The van der Waals surface area contributed by atoms with E-state index in [1.54, 1.807) is 24.4 Å². The molecule has 0 bridgehead atoms. The number of piperidine rings is 1. The van der Waals surface area contributed by atoms with E-state index in [1.165, 1.54) is 7.11 Å². The molecule has 1 N–H and O–H groups in total. The van der Waals surface area contributed by atoms with Crippen LogP contribution in [-0.2, 0) is 4.74 Å². The predicted octanol–water partition coefficient (Wildman–Crippen LogP) is 0.684. The number of nitrogens with zero attached hydrogens (tertiary/aromatic N) is 3. The number of carbonyl (C=O) groups excluding carboxylic acids is 1. The third-order valence-electron chi connectivity index (χ3n) is 3.35. The number of hydrogen-bond acceptors (Lipinski definition) is 6. The van der Waals surface area contributed by atoms with Crippen molar-refractivity contribution in [2.45, 2.75) is 18.9 Å². The van der Waals surface area contributed by atoms with Crippen molar-refractivity contribution in [2.75, 3.05) is 40.5 Å². The summed E-state index contributed by atoms with van der Waals surface area (Å²) in [5, 5.41) is 2.81. The molecule has 1 unspecified atom stereocenters. The topological polar surface area (TPSA) is 85.8 Å². The van der Waals surface area contributed by atoms with Crippen LogP contribution < -0.4 is 14.8 Å². The first-order valence-electron chi connectivity index (χ1n) is 7.28. The van der Waals surface area contributed by atoms with Crippen molar-refractivity contribution >= 4 is 6.03 Å². The van der Waals surface area contributed by atoms with E-state index in [4.69, 9.17) is 14.2 Å². The van der Waals surface area contributed by atoms with Gasteiger partial charge in [-0.15, -0.1) is 0 Å². The minimum atomic E-state index is -0.118. The molecule has 22 heavy (non-hydrogen) atoms. The van der Waals surface area contributed by atoms with Gasteiger partial charge in [0, 0.05) is 32.6 Å². The number of methoxy groups -OCH3 is 2. The van der Waals surface area contributed by atoms with Crippen molar-refractivity contribution in [1.29, 1.82) is 0 Å². The van der Waals surface area contributed by atoms with Crippen LogP contribution in [0.3, 0.4) is 0 Å². The van der Waals surface area contributed by atoms with Gasteiger partial charge in [-0.25, -0.2) is 14.8 Å². The maximum atomic E-state index is 12.0. The van der Waals surface area contributed by atoms with Gasteiger partial charge in [0.25, 0.3) is 11.8 Å².